The van der Waals surface area contributed by atoms with Gasteiger partial charge in [0.2, 0.25) is 0 Å². The van der Waals surface area contributed by atoms with Gasteiger partial charge < -0.3 is 0 Å². The third-order valence-electron chi connectivity index (χ3n) is 11.5. The molecule has 0 nitrogen and oxygen atoms in total. The van der Waals surface area contributed by atoms with E-state index in [1.165, 1.54) is 199 Å². The second-order valence-corrected chi connectivity index (χ2v) is 25.1. The van der Waals surface area contributed by atoms with Crippen LogP contribution in [0.4, 0.5) is 0 Å². The van der Waals surface area contributed by atoms with E-state index in [0.29, 0.717) is 0 Å². The van der Waals surface area contributed by atoms with E-state index in [0.717, 1.165) is 0 Å². The van der Waals surface area contributed by atoms with E-state index < -0.39 is 14.5 Å². The Morgan fingerprint density at radius 1 is 0.191 bits per heavy atom. The molecule has 0 aromatic heterocycles. The number of hydrogen-bond acceptors (Lipinski definition) is 0. The van der Waals surface area contributed by atoms with E-state index >= 15 is 0 Å². The molecule has 0 heterocycles. The summed E-state index contributed by atoms with van der Waals surface area (Å²) in [5.41, 5.74) is 0. The molecule has 47 heavy (non-hydrogen) atoms. The van der Waals surface area contributed by atoms with Gasteiger partial charge in [-0.1, -0.05) is 164 Å². The van der Waals surface area contributed by atoms with E-state index in [1.54, 1.807) is 37.0 Å². The zero-order valence-corrected chi connectivity index (χ0v) is 36.8. The molecule has 0 rings (SSSR count). The van der Waals surface area contributed by atoms with Crippen LogP contribution in [0.15, 0.2) is 0 Å². The molecule has 0 aliphatic rings. The number of hydrogen-bond donors (Lipinski definition) is 0. The maximum atomic E-state index is 2.52. The normalized spacial score (nSPS) is 13.0. The average Bonchev–Trinajstić information content (AvgIpc) is 3.09. The Hall–Kier alpha value is 0.860. The molecular formula is C45H98P2+2. The van der Waals surface area contributed by atoms with Crippen LogP contribution >= 0.6 is 14.5 Å². The summed E-state index contributed by atoms with van der Waals surface area (Å²) in [4.78, 5) is 0. The third kappa shape index (κ3) is 32.5. The first kappa shape index (κ1) is 50.0. The van der Waals surface area contributed by atoms with Gasteiger partial charge in [0.25, 0.3) is 0 Å². The van der Waals surface area contributed by atoms with Gasteiger partial charge in [0.15, 0.2) is 0 Å². The SMILES string of the molecule is CCCCCCCC[P+](CC)(CCCCC)CCCCCCC.CCCCCCCC[P+](CC)(CCCCC)CCCCCCCC. The first-order chi connectivity index (χ1) is 23.0. The summed E-state index contributed by atoms with van der Waals surface area (Å²) in [6.45, 7) is 19.0. The highest BCUT2D eigenvalue weighted by Crippen LogP contribution is 2.61. The number of unbranched alkanes of at least 4 members (excludes halogenated alkanes) is 23. The minimum Gasteiger partial charge on any atom is -0.0654 e. The van der Waals surface area contributed by atoms with Crippen LogP contribution in [0.25, 0.3) is 0 Å². The quantitative estimate of drug-likeness (QED) is 0.0447. The highest BCUT2D eigenvalue weighted by molar-refractivity contribution is 7.76. The highest BCUT2D eigenvalue weighted by atomic mass is 31.2. The van der Waals surface area contributed by atoms with Crippen LogP contribution in [0.1, 0.15) is 242 Å². The van der Waals surface area contributed by atoms with Crippen molar-refractivity contribution in [1.29, 1.82) is 0 Å². The fourth-order valence-corrected chi connectivity index (χ4v) is 16.4. The molecule has 286 valence electrons. The molecule has 0 aromatic rings. The van der Waals surface area contributed by atoms with Crippen LogP contribution in [-0.2, 0) is 0 Å². The van der Waals surface area contributed by atoms with Crippen molar-refractivity contribution in [3.63, 3.8) is 0 Å². The Morgan fingerprint density at radius 3 is 0.532 bits per heavy atom. The third-order valence-corrected chi connectivity index (χ3v) is 21.8. The fraction of sp³-hybridized carbons (Fsp3) is 1.00. The lowest BCUT2D eigenvalue weighted by Crippen LogP contribution is -2.11. The molecule has 0 radical (unpaired) electrons. The minimum absolute atomic E-state index is 0.611. The minimum atomic E-state index is -0.618. The molecule has 0 saturated heterocycles. The molecule has 0 aliphatic heterocycles. The predicted octanol–water partition coefficient (Wildman–Crippen LogP) is 17.5. The lowest BCUT2D eigenvalue weighted by Gasteiger charge is -2.27. The molecule has 0 aromatic carbocycles. The Labute approximate surface area is 304 Å². The van der Waals surface area contributed by atoms with E-state index in [4.69, 9.17) is 0 Å². The van der Waals surface area contributed by atoms with Gasteiger partial charge in [-0.2, -0.15) is 0 Å². The van der Waals surface area contributed by atoms with Crippen molar-refractivity contribution in [3.05, 3.63) is 0 Å². The Balaban J connectivity index is 0. The predicted molar refractivity (Wildman–Crippen MR) is 232 cm³/mol. The van der Waals surface area contributed by atoms with Crippen molar-refractivity contribution in [3.8, 4) is 0 Å². The molecule has 0 bridgehead atoms. The fourth-order valence-electron chi connectivity index (χ4n) is 7.75. The summed E-state index contributed by atoms with van der Waals surface area (Å²) in [6.07, 6.45) is 55.3. The monoisotopic (exact) mass is 701 g/mol. The van der Waals surface area contributed by atoms with Crippen molar-refractivity contribution < 1.29 is 0 Å². The van der Waals surface area contributed by atoms with Crippen LogP contribution in [0.3, 0.4) is 0 Å². The summed E-state index contributed by atoms with van der Waals surface area (Å²) >= 11 is 0. The molecule has 0 saturated carbocycles. The van der Waals surface area contributed by atoms with Crippen LogP contribution in [0.5, 0.6) is 0 Å². The van der Waals surface area contributed by atoms with Crippen molar-refractivity contribution >= 4 is 14.5 Å². The summed E-state index contributed by atoms with van der Waals surface area (Å²) in [5.74, 6) is 0. The molecule has 0 N–H and O–H groups in total. The smallest absolute Gasteiger partial charge is 0.0594 e. The zero-order chi connectivity index (χ0) is 35.2. The van der Waals surface area contributed by atoms with Gasteiger partial charge in [-0.3, -0.25) is 0 Å². The highest BCUT2D eigenvalue weighted by Gasteiger charge is 2.34. The molecule has 0 aliphatic carbocycles. The van der Waals surface area contributed by atoms with Gasteiger partial charge in [0.05, 0.1) is 49.3 Å². The summed E-state index contributed by atoms with van der Waals surface area (Å²) in [7, 11) is -1.23. The molecule has 2 heteroatoms. The van der Waals surface area contributed by atoms with E-state index in [2.05, 4.69) is 55.4 Å². The zero-order valence-electron chi connectivity index (χ0n) is 35.1. The Morgan fingerprint density at radius 2 is 0.340 bits per heavy atom. The lowest BCUT2D eigenvalue weighted by molar-refractivity contribution is 0.620. The van der Waals surface area contributed by atoms with E-state index in [1.807, 2.05) is 0 Å². The summed E-state index contributed by atoms with van der Waals surface area (Å²) in [6, 6.07) is 0. The van der Waals surface area contributed by atoms with Gasteiger partial charge in [0.1, 0.15) is 0 Å². The summed E-state index contributed by atoms with van der Waals surface area (Å²) < 4.78 is 0. The average molecular weight is 701 g/mol. The maximum absolute atomic E-state index is 2.52. The van der Waals surface area contributed by atoms with Gasteiger partial charge in [-0.05, 0) is 78.1 Å². The molecule has 1 atom stereocenters. The largest absolute Gasteiger partial charge is 0.0654 e. The molecule has 0 spiro atoms. The van der Waals surface area contributed by atoms with Gasteiger partial charge in [0, 0.05) is 14.5 Å². The van der Waals surface area contributed by atoms with Gasteiger partial charge in [-0.25, -0.2) is 0 Å². The van der Waals surface area contributed by atoms with Crippen LogP contribution in [0.2, 0.25) is 0 Å². The Bertz CT molecular complexity index is 544. The van der Waals surface area contributed by atoms with Crippen molar-refractivity contribution in [2.24, 2.45) is 0 Å². The van der Waals surface area contributed by atoms with Crippen molar-refractivity contribution in [2.75, 3.05) is 49.3 Å². The van der Waals surface area contributed by atoms with Crippen LogP contribution in [0, 0.1) is 0 Å². The van der Waals surface area contributed by atoms with Gasteiger partial charge >= 0.3 is 0 Å². The van der Waals surface area contributed by atoms with E-state index in [-0.39, 0.29) is 0 Å². The van der Waals surface area contributed by atoms with Crippen LogP contribution < -0.4 is 0 Å². The molecule has 0 amide bonds. The second-order valence-electron chi connectivity index (χ2n) is 15.8. The number of rotatable bonds is 37. The van der Waals surface area contributed by atoms with Crippen LogP contribution in [-0.4, -0.2) is 49.3 Å². The first-order valence-electron chi connectivity index (χ1n) is 22.7. The standard InChI is InChI=1S/C23H50P.C22H48P/c1-5-9-12-14-16-19-22-24(8-4,21-18-11-7-3)23-20-17-15-13-10-6-2;1-5-9-12-14-16-19-22-23(8-4,20-17-11-7-3)21-18-15-13-10-6-2/h5-23H2,1-4H3;5-22H2,1-4H3/q2*+1. The topological polar surface area (TPSA) is 0 Å². The Kier molecular flexibility index (Phi) is 42.1. The maximum Gasteiger partial charge on any atom is 0.0594 e. The van der Waals surface area contributed by atoms with E-state index in [9.17, 15) is 0 Å². The molecule has 1 unspecified atom stereocenters. The lowest BCUT2D eigenvalue weighted by atomic mass is 10.1. The van der Waals surface area contributed by atoms with Crippen molar-refractivity contribution in [1.82, 2.24) is 0 Å². The summed E-state index contributed by atoms with van der Waals surface area (Å²) in [5, 5.41) is 0. The molecule has 0 fully saturated rings. The first-order valence-corrected chi connectivity index (χ1v) is 27.7. The second kappa shape index (κ2) is 39.6. The molecular weight excluding hydrogens is 602 g/mol. The van der Waals surface area contributed by atoms with Gasteiger partial charge in [-0.15, -0.1) is 0 Å². The van der Waals surface area contributed by atoms with Crippen molar-refractivity contribution in [2.45, 2.75) is 242 Å².